The molecule has 0 unspecified atom stereocenters. The minimum absolute atomic E-state index is 0.0621. The molecular weight excluding hydrogens is 288 g/mol. The summed E-state index contributed by atoms with van der Waals surface area (Å²) in [5, 5.41) is 13.7. The van der Waals surface area contributed by atoms with Gasteiger partial charge in [-0.25, -0.2) is 0 Å². The van der Waals surface area contributed by atoms with Crippen molar-refractivity contribution in [2.45, 2.75) is 6.92 Å². The van der Waals surface area contributed by atoms with Crippen molar-refractivity contribution in [2.24, 2.45) is 0 Å². The number of amides is 1. The lowest BCUT2D eigenvalue weighted by atomic mass is 10.2. The van der Waals surface area contributed by atoms with Crippen LogP contribution < -0.4 is 5.32 Å². The standard InChI is InChI=1S/C12H9ClN2O3S/c1-7-2-3-8(13)6-9(7)14-12(16)10-4-5-11(19-10)15(17)18/h2-6H,1H3,(H,14,16). The summed E-state index contributed by atoms with van der Waals surface area (Å²) >= 11 is 6.69. The zero-order chi connectivity index (χ0) is 14.0. The molecule has 98 valence electrons. The van der Waals surface area contributed by atoms with Crippen molar-refractivity contribution in [1.29, 1.82) is 0 Å². The van der Waals surface area contributed by atoms with Gasteiger partial charge in [-0.1, -0.05) is 29.0 Å². The predicted molar refractivity (Wildman–Crippen MR) is 75.1 cm³/mol. The average molecular weight is 297 g/mol. The van der Waals surface area contributed by atoms with Crippen LogP contribution in [0.3, 0.4) is 0 Å². The number of nitrogens with one attached hydrogen (secondary N) is 1. The highest BCUT2D eigenvalue weighted by atomic mass is 35.5. The van der Waals surface area contributed by atoms with E-state index in [1.807, 2.05) is 6.92 Å². The minimum atomic E-state index is -0.522. The summed E-state index contributed by atoms with van der Waals surface area (Å²) < 4.78 is 0. The van der Waals surface area contributed by atoms with Gasteiger partial charge < -0.3 is 5.32 Å². The Morgan fingerprint density at radius 1 is 1.37 bits per heavy atom. The van der Waals surface area contributed by atoms with Crippen LogP contribution in [0.4, 0.5) is 10.7 Å². The molecule has 2 rings (SSSR count). The molecule has 0 saturated heterocycles. The van der Waals surface area contributed by atoms with Crippen molar-refractivity contribution in [2.75, 3.05) is 5.32 Å². The Kier molecular flexibility index (Phi) is 3.82. The minimum Gasteiger partial charge on any atom is -0.321 e. The van der Waals surface area contributed by atoms with E-state index in [-0.39, 0.29) is 15.8 Å². The number of carbonyl (C=O) groups is 1. The highest BCUT2D eigenvalue weighted by Crippen LogP contribution is 2.26. The van der Waals surface area contributed by atoms with Gasteiger partial charge in [-0.2, -0.15) is 0 Å². The van der Waals surface area contributed by atoms with Gasteiger partial charge in [-0.3, -0.25) is 14.9 Å². The van der Waals surface area contributed by atoms with Crippen molar-refractivity contribution in [3.05, 3.63) is 55.9 Å². The molecule has 2 aromatic rings. The molecule has 1 N–H and O–H groups in total. The molecule has 0 bridgehead atoms. The van der Waals surface area contributed by atoms with Crippen molar-refractivity contribution in [3.8, 4) is 0 Å². The quantitative estimate of drug-likeness (QED) is 0.690. The van der Waals surface area contributed by atoms with Crippen LogP contribution in [0.5, 0.6) is 0 Å². The van der Waals surface area contributed by atoms with E-state index < -0.39 is 4.92 Å². The maximum absolute atomic E-state index is 11.9. The summed E-state index contributed by atoms with van der Waals surface area (Å²) in [5.74, 6) is -0.386. The van der Waals surface area contributed by atoms with Crippen LogP contribution in [0.1, 0.15) is 15.2 Å². The fraction of sp³-hybridized carbons (Fsp3) is 0.0833. The van der Waals surface area contributed by atoms with E-state index in [1.165, 1.54) is 12.1 Å². The third-order valence-corrected chi connectivity index (χ3v) is 3.71. The van der Waals surface area contributed by atoms with Crippen LogP contribution in [0, 0.1) is 17.0 Å². The lowest BCUT2D eigenvalue weighted by molar-refractivity contribution is -0.380. The lowest BCUT2D eigenvalue weighted by Gasteiger charge is -2.07. The van der Waals surface area contributed by atoms with Gasteiger partial charge in [-0.15, -0.1) is 0 Å². The smallest absolute Gasteiger partial charge is 0.321 e. The zero-order valence-corrected chi connectivity index (χ0v) is 11.4. The molecule has 0 aliphatic heterocycles. The molecule has 0 saturated carbocycles. The molecule has 0 spiro atoms. The van der Waals surface area contributed by atoms with Gasteiger partial charge >= 0.3 is 5.00 Å². The molecule has 5 nitrogen and oxygen atoms in total. The number of benzene rings is 1. The lowest BCUT2D eigenvalue weighted by Crippen LogP contribution is -2.11. The number of hydrogen-bond donors (Lipinski definition) is 1. The van der Waals surface area contributed by atoms with Crippen LogP contribution in [0.2, 0.25) is 5.02 Å². The molecule has 1 aromatic carbocycles. The molecule has 1 amide bonds. The van der Waals surface area contributed by atoms with Gasteiger partial charge in [-0.05, 0) is 30.7 Å². The zero-order valence-electron chi connectivity index (χ0n) is 9.84. The largest absolute Gasteiger partial charge is 0.324 e. The summed E-state index contributed by atoms with van der Waals surface area (Å²) in [6.07, 6.45) is 0. The number of aryl methyl sites for hydroxylation is 1. The van der Waals surface area contributed by atoms with E-state index >= 15 is 0 Å². The Hall–Kier alpha value is -1.92. The normalized spacial score (nSPS) is 10.2. The Bertz CT molecular complexity index is 654. The Morgan fingerprint density at radius 3 is 2.74 bits per heavy atom. The van der Waals surface area contributed by atoms with Crippen molar-refractivity contribution < 1.29 is 9.72 Å². The fourth-order valence-corrected chi connectivity index (χ4v) is 2.35. The summed E-state index contributed by atoms with van der Waals surface area (Å²) in [7, 11) is 0. The third-order valence-electron chi connectivity index (χ3n) is 2.44. The Labute approximate surface area is 118 Å². The molecule has 0 atom stereocenters. The van der Waals surface area contributed by atoms with Gasteiger partial charge in [0, 0.05) is 16.8 Å². The molecule has 7 heteroatoms. The maximum Gasteiger partial charge on any atom is 0.324 e. The number of rotatable bonds is 3. The Morgan fingerprint density at radius 2 is 2.11 bits per heavy atom. The summed E-state index contributed by atoms with van der Waals surface area (Å²) in [6, 6.07) is 7.89. The molecule has 1 aromatic heterocycles. The van der Waals surface area contributed by atoms with E-state index in [0.29, 0.717) is 10.7 Å². The van der Waals surface area contributed by atoms with Crippen molar-refractivity contribution in [3.63, 3.8) is 0 Å². The van der Waals surface area contributed by atoms with E-state index in [9.17, 15) is 14.9 Å². The number of nitrogens with zero attached hydrogens (tertiary/aromatic N) is 1. The van der Waals surface area contributed by atoms with Crippen LogP contribution in [0.25, 0.3) is 0 Å². The second-order valence-electron chi connectivity index (χ2n) is 3.81. The number of hydrogen-bond acceptors (Lipinski definition) is 4. The molecule has 0 radical (unpaired) electrons. The molecule has 0 fully saturated rings. The number of nitro groups is 1. The third kappa shape index (κ3) is 3.10. The number of thiophene rings is 1. The van der Waals surface area contributed by atoms with Gasteiger partial charge in [0.05, 0.1) is 9.80 Å². The second-order valence-corrected chi connectivity index (χ2v) is 5.31. The second kappa shape index (κ2) is 5.38. The van der Waals surface area contributed by atoms with E-state index in [4.69, 9.17) is 11.6 Å². The van der Waals surface area contributed by atoms with E-state index in [2.05, 4.69) is 5.32 Å². The van der Waals surface area contributed by atoms with Crippen molar-refractivity contribution >= 4 is 39.5 Å². The summed E-state index contributed by atoms with van der Waals surface area (Å²) in [4.78, 5) is 22.3. The topological polar surface area (TPSA) is 72.2 Å². The van der Waals surface area contributed by atoms with Crippen LogP contribution in [-0.4, -0.2) is 10.8 Å². The first-order valence-electron chi connectivity index (χ1n) is 5.29. The first-order valence-corrected chi connectivity index (χ1v) is 6.48. The fourth-order valence-electron chi connectivity index (χ4n) is 1.46. The van der Waals surface area contributed by atoms with E-state index in [0.717, 1.165) is 16.9 Å². The SMILES string of the molecule is Cc1ccc(Cl)cc1NC(=O)c1ccc([N+](=O)[O-])s1. The first-order chi connectivity index (χ1) is 8.97. The van der Waals surface area contributed by atoms with Crippen LogP contribution in [-0.2, 0) is 0 Å². The molecule has 0 aliphatic rings. The van der Waals surface area contributed by atoms with Gasteiger partial charge in [0.15, 0.2) is 0 Å². The van der Waals surface area contributed by atoms with Gasteiger partial charge in [0.1, 0.15) is 0 Å². The summed E-state index contributed by atoms with van der Waals surface area (Å²) in [5.41, 5.74) is 1.46. The van der Waals surface area contributed by atoms with Crippen molar-refractivity contribution in [1.82, 2.24) is 0 Å². The summed E-state index contributed by atoms with van der Waals surface area (Å²) in [6.45, 7) is 1.84. The van der Waals surface area contributed by atoms with Crippen LogP contribution in [0.15, 0.2) is 30.3 Å². The number of halogens is 1. The van der Waals surface area contributed by atoms with Gasteiger partial charge in [0.2, 0.25) is 0 Å². The maximum atomic E-state index is 11.9. The number of anilines is 1. The molecule has 0 aliphatic carbocycles. The number of carbonyl (C=O) groups excluding carboxylic acids is 1. The monoisotopic (exact) mass is 296 g/mol. The van der Waals surface area contributed by atoms with Crippen LogP contribution >= 0.6 is 22.9 Å². The molecule has 19 heavy (non-hydrogen) atoms. The Balaban J connectivity index is 2.20. The molecule has 1 heterocycles. The first kappa shape index (κ1) is 13.5. The molecular formula is C12H9ClN2O3S. The average Bonchev–Trinajstić information content (AvgIpc) is 2.83. The highest BCUT2D eigenvalue weighted by Gasteiger charge is 2.15. The van der Waals surface area contributed by atoms with E-state index in [1.54, 1.807) is 18.2 Å². The van der Waals surface area contributed by atoms with Gasteiger partial charge in [0.25, 0.3) is 5.91 Å². The predicted octanol–water partition coefficient (Wildman–Crippen LogP) is 3.87. The highest BCUT2D eigenvalue weighted by molar-refractivity contribution is 7.17.